The number of fused-ring (bicyclic) bond motifs is 1. The predicted molar refractivity (Wildman–Crippen MR) is 105 cm³/mol. The lowest BCUT2D eigenvalue weighted by Crippen LogP contribution is -2.32. The van der Waals surface area contributed by atoms with Gasteiger partial charge in [-0.05, 0) is 50.7 Å². The number of aromatic nitrogens is 1. The number of anilines is 1. The Morgan fingerprint density at radius 3 is 2.84 bits per heavy atom. The van der Waals surface area contributed by atoms with Gasteiger partial charge in [0.2, 0.25) is 5.91 Å². The number of amides is 1. The van der Waals surface area contributed by atoms with E-state index in [9.17, 15) is 4.79 Å². The fourth-order valence-corrected chi connectivity index (χ4v) is 3.80. The standard InChI is InChI=1S/C19H20ClN3OS/c1-12-8-9-14(20)10-16(12)21-18(24)11-23(3)13(2)19-22-15-6-4-5-7-17(15)25-19/h4-10,13H,11H2,1-3H3,(H,21,24)/t13-/m0/s1. The van der Waals surface area contributed by atoms with Gasteiger partial charge in [0.1, 0.15) is 5.01 Å². The highest BCUT2D eigenvalue weighted by atomic mass is 35.5. The van der Waals surface area contributed by atoms with E-state index < -0.39 is 0 Å². The lowest BCUT2D eigenvalue weighted by atomic mass is 10.2. The molecule has 0 aliphatic rings. The van der Waals surface area contributed by atoms with Crippen molar-refractivity contribution in [1.29, 1.82) is 0 Å². The summed E-state index contributed by atoms with van der Waals surface area (Å²) in [5.41, 5.74) is 2.74. The van der Waals surface area contributed by atoms with Gasteiger partial charge in [-0.3, -0.25) is 9.69 Å². The van der Waals surface area contributed by atoms with Gasteiger partial charge in [-0.25, -0.2) is 4.98 Å². The third kappa shape index (κ3) is 4.18. The molecule has 130 valence electrons. The smallest absolute Gasteiger partial charge is 0.238 e. The number of hydrogen-bond donors (Lipinski definition) is 1. The van der Waals surface area contributed by atoms with Crippen LogP contribution in [0.15, 0.2) is 42.5 Å². The molecular weight excluding hydrogens is 354 g/mol. The molecule has 0 aliphatic heterocycles. The Labute approximate surface area is 156 Å². The molecule has 6 heteroatoms. The molecule has 2 aromatic carbocycles. The third-order valence-corrected chi connectivity index (χ3v) is 5.64. The average molecular weight is 374 g/mol. The topological polar surface area (TPSA) is 45.2 Å². The summed E-state index contributed by atoms with van der Waals surface area (Å²) >= 11 is 7.67. The second-order valence-corrected chi connectivity index (χ2v) is 7.62. The van der Waals surface area contributed by atoms with E-state index in [1.807, 2.05) is 49.2 Å². The van der Waals surface area contributed by atoms with E-state index in [1.165, 1.54) is 0 Å². The molecule has 25 heavy (non-hydrogen) atoms. The highest BCUT2D eigenvalue weighted by Crippen LogP contribution is 2.28. The number of carbonyl (C=O) groups is 1. The maximum atomic E-state index is 12.4. The molecule has 0 saturated carbocycles. The SMILES string of the molecule is Cc1ccc(Cl)cc1NC(=O)CN(C)[C@@H](C)c1nc2ccccc2s1. The Morgan fingerprint density at radius 2 is 2.08 bits per heavy atom. The van der Waals surface area contributed by atoms with Crippen LogP contribution in [0.4, 0.5) is 5.69 Å². The fraction of sp³-hybridized carbons (Fsp3) is 0.263. The van der Waals surface area contributed by atoms with Crippen LogP contribution in [-0.4, -0.2) is 29.4 Å². The molecular formula is C19H20ClN3OS. The first-order chi connectivity index (χ1) is 11.9. The Kier molecular flexibility index (Phi) is 5.37. The number of thiazole rings is 1. The van der Waals surface area contributed by atoms with E-state index in [4.69, 9.17) is 11.6 Å². The maximum Gasteiger partial charge on any atom is 0.238 e. The summed E-state index contributed by atoms with van der Waals surface area (Å²) in [7, 11) is 1.93. The zero-order valence-electron chi connectivity index (χ0n) is 14.4. The van der Waals surface area contributed by atoms with Crippen LogP contribution < -0.4 is 5.32 Å². The molecule has 1 atom stereocenters. The molecule has 1 heterocycles. The summed E-state index contributed by atoms with van der Waals surface area (Å²) in [6.07, 6.45) is 0. The van der Waals surface area contributed by atoms with Crippen LogP contribution in [-0.2, 0) is 4.79 Å². The number of para-hydroxylation sites is 1. The number of halogens is 1. The van der Waals surface area contributed by atoms with Crippen LogP contribution in [0, 0.1) is 6.92 Å². The summed E-state index contributed by atoms with van der Waals surface area (Å²) < 4.78 is 1.16. The van der Waals surface area contributed by atoms with Crippen molar-refractivity contribution >= 4 is 44.7 Å². The van der Waals surface area contributed by atoms with Gasteiger partial charge in [0, 0.05) is 10.7 Å². The van der Waals surface area contributed by atoms with Gasteiger partial charge >= 0.3 is 0 Å². The Morgan fingerprint density at radius 1 is 1.32 bits per heavy atom. The lowest BCUT2D eigenvalue weighted by molar-refractivity contribution is -0.117. The summed E-state index contributed by atoms with van der Waals surface area (Å²) in [6.45, 7) is 4.29. The van der Waals surface area contributed by atoms with Crippen LogP contribution in [0.1, 0.15) is 23.5 Å². The summed E-state index contributed by atoms with van der Waals surface area (Å²) in [4.78, 5) is 19.1. The molecule has 0 bridgehead atoms. The van der Waals surface area contributed by atoms with Crippen molar-refractivity contribution in [3.05, 3.63) is 58.1 Å². The van der Waals surface area contributed by atoms with E-state index >= 15 is 0 Å². The minimum Gasteiger partial charge on any atom is -0.325 e. The molecule has 0 fully saturated rings. The van der Waals surface area contributed by atoms with Gasteiger partial charge in [0.05, 0.1) is 22.8 Å². The van der Waals surface area contributed by atoms with Crippen LogP contribution in [0.25, 0.3) is 10.2 Å². The molecule has 1 N–H and O–H groups in total. The number of likely N-dealkylation sites (N-methyl/N-ethyl adjacent to an activating group) is 1. The Balaban J connectivity index is 1.67. The Bertz CT molecular complexity index is 876. The highest BCUT2D eigenvalue weighted by Gasteiger charge is 2.18. The van der Waals surface area contributed by atoms with Crippen molar-refractivity contribution in [3.8, 4) is 0 Å². The van der Waals surface area contributed by atoms with Crippen LogP contribution in [0.5, 0.6) is 0 Å². The van der Waals surface area contributed by atoms with Gasteiger partial charge in [0.15, 0.2) is 0 Å². The van der Waals surface area contributed by atoms with Crippen molar-refractivity contribution in [2.45, 2.75) is 19.9 Å². The molecule has 1 aromatic heterocycles. The van der Waals surface area contributed by atoms with Crippen molar-refractivity contribution in [2.75, 3.05) is 18.9 Å². The predicted octanol–water partition coefficient (Wildman–Crippen LogP) is 4.89. The number of hydrogen-bond acceptors (Lipinski definition) is 4. The monoisotopic (exact) mass is 373 g/mol. The largest absolute Gasteiger partial charge is 0.325 e. The van der Waals surface area contributed by atoms with Crippen molar-refractivity contribution in [3.63, 3.8) is 0 Å². The molecule has 0 radical (unpaired) electrons. The van der Waals surface area contributed by atoms with E-state index in [1.54, 1.807) is 17.4 Å². The zero-order valence-corrected chi connectivity index (χ0v) is 16.0. The third-order valence-electron chi connectivity index (χ3n) is 4.20. The van der Waals surface area contributed by atoms with E-state index in [0.717, 1.165) is 26.5 Å². The quantitative estimate of drug-likeness (QED) is 0.692. The first-order valence-electron chi connectivity index (χ1n) is 8.06. The second kappa shape index (κ2) is 7.52. The molecule has 0 aliphatic carbocycles. The highest BCUT2D eigenvalue weighted by molar-refractivity contribution is 7.18. The maximum absolute atomic E-state index is 12.4. The lowest BCUT2D eigenvalue weighted by Gasteiger charge is -2.22. The first-order valence-corrected chi connectivity index (χ1v) is 9.25. The van der Waals surface area contributed by atoms with Crippen LogP contribution in [0.3, 0.4) is 0 Å². The van der Waals surface area contributed by atoms with Crippen molar-refractivity contribution in [1.82, 2.24) is 9.88 Å². The fourth-order valence-electron chi connectivity index (χ4n) is 2.54. The van der Waals surface area contributed by atoms with Crippen molar-refractivity contribution in [2.24, 2.45) is 0 Å². The molecule has 0 saturated heterocycles. The summed E-state index contributed by atoms with van der Waals surface area (Å²) in [5.74, 6) is -0.0687. The molecule has 0 unspecified atom stereocenters. The second-order valence-electron chi connectivity index (χ2n) is 6.12. The minimum atomic E-state index is -0.0687. The normalized spacial score (nSPS) is 12.5. The van der Waals surface area contributed by atoms with Gasteiger partial charge in [0.25, 0.3) is 0 Å². The van der Waals surface area contributed by atoms with Crippen LogP contribution in [0.2, 0.25) is 5.02 Å². The summed E-state index contributed by atoms with van der Waals surface area (Å²) in [6, 6.07) is 13.6. The van der Waals surface area contributed by atoms with E-state index in [0.29, 0.717) is 5.02 Å². The van der Waals surface area contributed by atoms with Crippen LogP contribution >= 0.6 is 22.9 Å². The number of nitrogens with one attached hydrogen (secondary N) is 1. The Hall–Kier alpha value is -1.95. The summed E-state index contributed by atoms with van der Waals surface area (Å²) in [5, 5.41) is 4.55. The van der Waals surface area contributed by atoms with Crippen molar-refractivity contribution < 1.29 is 4.79 Å². The van der Waals surface area contributed by atoms with Gasteiger partial charge < -0.3 is 5.32 Å². The molecule has 4 nitrogen and oxygen atoms in total. The molecule has 3 rings (SSSR count). The molecule has 1 amide bonds. The van der Waals surface area contributed by atoms with Gasteiger partial charge in [-0.2, -0.15) is 0 Å². The average Bonchev–Trinajstić information content (AvgIpc) is 3.01. The van der Waals surface area contributed by atoms with E-state index in [2.05, 4.69) is 23.3 Å². The van der Waals surface area contributed by atoms with E-state index in [-0.39, 0.29) is 18.5 Å². The molecule has 3 aromatic rings. The zero-order chi connectivity index (χ0) is 18.0. The minimum absolute atomic E-state index is 0.0589. The number of rotatable bonds is 5. The van der Waals surface area contributed by atoms with Gasteiger partial charge in [-0.15, -0.1) is 11.3 Å². The number of benzene rings is 2. The van der Waals surface area contributed by atoms with Gasteiger partial charge in [-0.1, -0.05) is 29.8 Å². The number of nitrogens with zero attached hydrogens (tertiary/aromatic N) is 2. The first kappa shape index (κ1) is 17.9. The number of aryl methyl sites for hydroxylation is 1. The number of carbonyl (C=O) groups excluding carboxylic acids is 1. The molecule has 0 spiro atoms.